The number of Topliss-reactive ketones (excluding diaryl/α,β-unsaturated/α-hetero) is 1. The second kappa shape index (κ2) is 3.96. The predicted octanol–water partition coefficient (Wildman–Crippen LogP) is -0.296. The molecule has 0 N–H and O–H groups in total. The van der Waals surface area contributed by atoms with Crippen LogP contribution in [0.15, 0.2) is 0 Å². The smallest absolute Gasteiger partial charge is 0.281 e. The molecule has 0 saturated carbocycles. The normalized spacial score (nSPS) is 25.7. The van der Waals surface area contributed by atoms with E-state index in [1.807, 2.05) is 0 Å². The summed E-state index contributed by atoms with van der Waals surface area (Å²) in [6, 6.07) is 0. The summed E-state index contributed by atoms with van der Waals surface area (Å²) in [5.74, 6) is -0.0336. The van der Waals surface area contributed by atoms with Crippen molar-refractivity contribution >= 4 is 16.0 Å². The molecule has 1 fully saturated rings. The second-order valence-corrected chi connectivity index (χ2v) is 5.91. The van der Waals surface area contributed by atoms with Gasteiger partial charge in [0.05, 0.1) is 0 Å². The van der Waals surface area contributed by atoms with Crippen LogP contribution in [0, 0.1) is 5.92 Å². The van der Waals surface area contributed by atoms with E-state index in [-0.39, 0.29) is 11.7 Å². The van der Waals surface area contributed by atoms with Crippen molar-refractivity contribution in [3.8, 4) is 0 Å². The lowest BCUT2D eigenvalue weighted by Crippen LogP contribution is -2.47. The summed E-state index contributed by atoms with van der Waals surface area (Å²) in [6.07, 6.45) is 0.328. The average Bonchev–Trinajstić information content (AvgIpc) is 2.09. The van der Waals surface area contributed by atoms with Crippen LogP contribution in [0.25, 0.3) is 0 Å². The van der Waals surface area contributed by atoms with Gasteiger partial charge < -0.3 is 0 Å². The van der Waals surface area contributed by atoms with Crippen molar-refractivity contribution < 1.29 is 13.2 Å². The quantitative estimate of drug-likeness (QED) is 0.642. The summed E-state index contributed by atoms with van der Waals surface area (Å²) >= 11 is 0. The Labute approximate surface area is 84.9 Å². The molecule has 6 heteroatoms. The molecule has 0 aromatic carbocycles. The van der Waals surface area contributed by atoms with Crippen molar-refractivity contribution in [1.29, 1.82) is 0 Å². The second-order valence-electron chi connectivity index (χ2n) is 3.77. The SMILES string of the molecule is CC1CN(S(=O)(=O)N(C)C)CCC1=O. The van der Waals surface area contributed by atoms with E-state index in [1.54, 1.807) is 6.92 Å². The van der Waals surface area contributed by atoms with Crippen LogP contribution < -0.4 is 0 Å². The zero-order chi connectivity index (χ0) is 10.9. The van der Waals surface area contributed by atoms with Gasteiger partial charge in [-0.2, -0.15) is 17.0 Å². The van der Waals surface area contributed by atoms with Crippen LogP contribution in [0.2, 0.25) is 0 Å². The highest BCUT2D eigenvalue weighted by molar-refractivity contribution is 7.86. The van der Waals surface area contributed by atoms with Gasteiger partial charge in [-0.25, -0.2) is 0 Å². The number of piperidine rings is 1. The standard InChI is InChI=1S/C8H16N2O3S/c1-7-6-10(5-4-8(7)11)14(12,13)9(2)3/h7H,4-6H2,1-3H3. The molecule has 0 aromatic rings. The van der Waals surface area contributed by atoms with Gasteiger partial charge >= 0.3 is 0 Å². The molecule has 0 bridgehead atoms. The molecule has 0 radical (unpaired) electrons. The summed E-state index contributed by atoms with van der Waals surface area (Å²) in [7, 11) is -0.349. The molecule has 1 atom stereocenters. The molecular formula is C8H16N2O3S. The molecule has 82 valence electrons. The molecule has 0 spiro atoms. The molecule has 1 rings (SSSR count). The van der Waals surface area contributed by atoms with E-state index in [0.29, 0.717) is 19.5 Å². The molecule has 0 aromatic heterocycles. The topological polar surface area (TPSA) is 57.7 Å². The fourth-order valence-corrected chi connectivity index (χ4v) is 2.62. The minimum absolute atomic E-state index is 0.148. The number of carbonyl (C=O) groups excluding carboxylic acids is 1. The van der Waals surface area contributed by atoms with Gasteiger partial charge in [0.25, 0.3) is 10.2 Å². The van der Waals surface area contributed by atoms with E-state index >= 15 is 0 Å². The Bertz CT molecular complexity index is 323. The van der Waals surface area contributed by atoms with Crippen molar-refractivity contribution in [2.24, 2.45) is 5.92 Å². The van der Waals surface area contributed by atoms with E-state index in [0.717, 1.165) is 0 Å². The number of carbonyl (C=O) groups is 1. The van der Waals surface area contributed by atoms with Gasteiger partial charge in [0.2, 0.25) is 0 Å². The fraction of sp³-hybridized carbons (Fsp3) is 0.875. The monoisotopic (exact) mass is 220 g/mol. The van der Waals surface area contributed by atoms with Gasteiger partial charge in [-0.1, -0.05) is 6.92 Å². The highest BCUT2D eigenvalue weighted by Gasteiger charge is 2.32. The van der Waals surface area contributed by atoms with E-state index < -0.39 is 10.2 Å². The molecule has 1 aliphatic heterocycles. The van der Waals surface area contributed by atoms with Crippen LogP contribution in [-0.2, 0) is 15.0 Å². The summed E-state index contributed by atoms with van der Waals surface area (Å²) in [4.78, 5) is 11.2. The maximum Gasteiger partial charge on any atom is 0.281 e. The van der Waals surface area contributed by atoms with Crippen molar-refractivity contribution in [1.82, 2.24) is 8.61 Å². The summed E-state index contributed by atoms with van der Waals surface area (Å²) in [5, 5.41) is 0. The van der Waals surface area contributed by atoms with Crippen molar-refractivity contribution in [3.63, 3.8) is 0 Å². The molecule has 1 saturated heterocycles. The number of nitrogens with zero attached hydrogens (tertiary/aromatic N) is 2. The highest BCUT2D eigenvalue weighted by atomic mass is 32.2. The Morgan fingerprint density at radius 3 is 2.43 bits per heavy atom. The van der Waals surface area contributed by atoms with Crippen molar-refractivity contribution in [3.05, 3.63) is 0 Å². The number of hydrogen-bond donors (Lipinski definition) is 0. The third-order valence-corrected chi connectivity index (χ3v) is 4.33. The van der Waals surface area contributed by atoms with Crippen molar-refractivity contribution in [2.75, 3.05) is 27.2 Å². The molecule has 5 nitrogen and oxygen atoms in total. The van der Waals surface area contributed by atoms with E-state index in [2.05, 4.69) is 0 Å². The Balaban J connectivity index is 2.78. The van der Waals surface area contributed by atoms with Crippen LogP contribution in [-0.4, -0.2) is 50.0 Å². The first-order valence-corrected chi connectivity index (χ1v) is 5.95. The van der Waals surface area contributed by atoms with Crippen molar-refractivity contribution in [2.45, 2.75) is 13.3 Å². The minimum atomic E-state index is -3.34. The largest absolute Gasteiger partial charge is 0.299 e. The number of rotatable bonds is 2. The summed E-state index contributed by atoms with van der Waals surface area (Å²) in [6.45, 7) is 2.38. The molecule has 1 heterocycles. The molecule has 14 heavy (non-hydrogen) atoms. The van der Waals surface area contributed by atoms with Crippen LogP contribution in [0.3, 0.4) is 0 Å². The van der Waals surface area contributed by atoms with Gasteiger partial charge in [-0.15, -0.1) is 0 Å². The number of hydrogen-bond acceptors (Lipinski definition) is 3. The van der Waals surface area contributed by atoms with Crippen LogP contribution >= 0.6 is 0 Å². The van der Waals surface area contributed by atoms with Gasteiger partial charge in [-0.05, 0) is 0 Å². The van der Waals surface area contributed by atoms with Gasteiger partial charge in [-0.3, -0.25) is 4.79 Å². The average molecular weight is 220 g/mol. The van der Waals surface area contributed by atoms with E-state index in [4.69, 9.17) is 0 Å². The predicted molar refractivity (Wildman–Crippen MR) is 53.0 cm³/mol. The molecular weight excluding hydrogens is 204 g/mol. The zero-order valence-electron chi connectivity index (χ0n) is 8.73. The maximum absolute atomic E-state index is 11.7. The first-order chi connectivity index (χ1) is 6.35. The Morgan fingerprint density at radius 2 is 2.00 bits per heavy atom. The lowest BCUT2D eigenvalue weighted by atomic mass is 10.0. The van der Waals surface area contributed by atoms with Crippen LogP contribution in [0.1, 0.15) is 13.3 Å². The third-order valence-electron chi connectivity index (χ3n) is 2.42. The van der Waals surface area contributed by atoms with Gasteiger partial charge in [0.1, 0.15) is 5.78 Å². The van der Waals surface area contributed by atoms with Gasteiger partial charge in [0, 0.05) is 39.5 Å². The van der Waals surface area contributed by atoms with Crippen LogP contribution in [0.5, 0.6) is 0 Å². The molecule has 0 aliphatic carbocycles. The number of ketones is 1. The first-order valence-electron chi connectivity index (χ1n) is 4.56. The fourth-order valence-electron chi connectivity index (χ4n) is 1.42. The molecule has 0 amide bonds. The van der Waals surface area contributed by atoms with E-state index in [9.17, 15) is 13.2 Å². The third kappa shape index (κ3) is 2.13. The minimum Gasteiger partial charge on any atom is -0.299 e. The van der Waals surface area contributed by atoms with Crippen LogP contribution in [0.4, 0.5) is 0 Å². The Morgan fingerprint density at radius 1 is 1.43 bits per heavy atom. The Kier molecular flexibility index (Phi) is 3.28. The molecule has 1 unspecified atom stereocenters. The van der Waals surface area contributed by atoms with Gasteiger partial charge in [0.15, 0.2) is 0 Å². The molecule has 1 aliphatic rings. The summed E-state index contributed by atoms with van der Waals surface area (Å²) in [5.41, 5.74) is 0. The summed E-state index contributed by atoms with van der Waals surface area (Å²) < 4.78 is 25.9. The lowest BCUT2D eigenvalue weighted by molar-refractivity contribution is -0.124. The van der Waals surface area contributed by atoms with E-state index in [1.165, 1.54) is 22.7 Å². The maximum atomic E-state index is 11.7. The highest BCUT2D eigenvalue weighted by Crippen LogP contribution is 2.16. The zero-order valence-corrected chi connectivity index (χ0v) is 9.54. The Hall–Kier alpha value is -0.460. The first kappa shape index (κ1) is 11.6. The lowest BCUT2D eigenvalue weighted by Gasteiger charge is -2.31.